The molecule has 102 valence electrons. The maximum Gasteiger partial charge on any atom is 0.318 e. The van der Waals surface area contributed by atoms with E-state index < -0.39 is 17.7 Å². The summed E-state index contributed by atoms with van der Waals surface area (Å²) in [6.45, 7) is 3.15. The first-order valence-electron chi connectivity index (χ1n) is 5.72. The molecule has 0 saturated carbocycles. The number of rotatable bonds is 3. The lowest BCUT2D eigenvalue weighted by atomic mass is 10.3. The normalized spacial score (nSPS) is 9.84. The van der Waals surface area contributed by atoms with Gasteiger partial charge < -0.3 is 11.1 Å². The lowest BCUT2D eigenvalue weighted by Gasteiger charge is -2.17. The van der Waals surface area contributed by atoms with E-state index in [1.54, 1.807) is 18.3 Å². The Labute approximate surface area is 110 Å². The molecule has 1 rings (SSSR count). The summed E-state index contributed by atoms with van der Waals surface area (Å²) in [5, 5.41) is 2.33. The van der Waals surface area contributed by atoms with Crippen molar-refractivity contribution in [3.05, 3.63) is 23.9 Å². The van der Waals surface area contributed by atoms with Crippen molar-refractivity contribution in [2.75, 3.05) is 18.4 Å². The van der Waals surface area contributed by atoms with Gasteiger partial charge in [0.05, 0.1) is 0 Å². The van der Waals surface area contributed by atoms with Crippen LogP contribution in [0.1, 0.15) is 12.5 Å². The molecule has 0 aliphatic heterocycles. The molecule has 19 heavy (non-hydrogen) atoms. The van der Waals surface area contributed by atoms with Gasteiger partial charge in [0.2, 0.25) is 5.91 Å². The smallest absolute Gasteiger partial charge is 0.318 e. The summed E-state index contributed by atoms with van der Waals surface area (Å²) < 4.78 is 0. The number of nitrogens with two attached hydrogens (primary N) is 1. The Bertz CT molecular complexity index is 484. The highest BCUT2D eigenvalue weighted by molar-refractivity contribution is 6.41. The molecular weight excluding hydrogens is 248 g/mol. The average Bonchev–Trinajstić information content (AvgIpc) is 2.37. The Morgan fingerprint density at radius 1 is 1.37 bits per heavy atom. The predicted molar refractivity (Wildman–Crippen MR) is 69.1 cm³/mol. The first kappa shape index (κ1) is 14.8. The van der Waals surface area contributed by atoms with E-state index in [9.17, 15) is 14.4 Å². The molecule has 7 nitrogen and oxygen atoms in total. The Balaban J connectivity index is 2.73. The number of nitrogens with one attached hydrogen (secondary N) is 1. The SMILES string of the molecule is CC(=O)N(CCN)C(=O)C(=O)Nc1ccc(C)cn1. The standard InChI is InChI=1S/C12H16N4O3/c1-8-3-4-10(14-7-8)15-11(18)12(19)16(6-5-13)9(2)17/h3-4,7H,5-6,13H2,1-2H3,(H,14,15,18). The van der Waals surface area contributed by atoms with Crippen LogP contribution in [-0.2, 0) is 14.4 Å². The fraction of sp³-hybridized carbons (Fsp3) is 0.333. The molecule has 0 aliphatic carbocycles. The molecule has 0 radical (unpaired) electrons. The fourth-order valence-corrected chi connectivity index (χ4v) is 1.37. The van der Waals surface area contributed by atoms with Gasteiger partial charge in [-0.05, 0) is 18.6 Å². The minimum Gasteiger partial charge on any atom is -0.329 e. The average molecular weight is 264 g/mol. The predicted octanol–water partition coefficient (Wildman–Crippen LogP) is -0.338. The van der Waals surface area contributed by atoms with Crippen LogP contribution >= 0.6 is 0 Å². The fourth-order valence-electron chi connectivity index (χ4n) is 1.37. The maximum absolute atomic E-state index is 11.8. The lowest BCUT2D eigenvalue weighted by molar-refractivity contribution is -0.149. The first-order valence-corrected chi connectivity index (χ1v) is 5.72. The van der Waals surface area contributed by atoms with Crippen LogP contribution in [0.25, 0.3) is 0 Å². The molecule has 3 amide bonds. The van der Waals surface area contributed by atoms with Crippen molar-refractivity contribution in [1.29, 1.82) is 0 Å². The highest BCUT2D eigenvalue weighted by atomic mass is 16.2. The molecule has 3 N–H and O–H groups in total. The Hall–Kier alpha value is -2.28. The van der Waals surface area contributed by atoms with Gasteiger partial charge in [-0.1, -0.05) is 6.07 Å². The van der Waals surface area contributed by atoms with Gasteiger partial charge in [0, 0.05) is 26.2 Å². The number of aryl methyl sites for hydroxylation is 1. The van der Waals surface area contributed by atoms with Gasteiger partial charge in [-0.25, -0.2) is 4.98 Å². The van der Waals surface area contributed by atoms with Gasteiger partial charge >= 0.3 is 11.8 Å². The van der Waals surface area contributed by atoms with E-state index in [-0.39, 0.29) is 18.9 Å². The second kappa shape index (κ2) is 6.60. The van der Waals surface area contributed by atoms with E-state index >= 15 is 0 Å². The van der Waals surface area contributed by atoms with Crippen LogP contribution in [0.5, 0.6) is 0 Å². The number of amides is 3. The second-order valence-electron chi connectivity index (χ2n) is 3.94. The minimum atomic E-state index is -0.944. The third-order valence-electron chi connectivity index (χ3n) is 2.33. The maximum atomic E-state index is 11.8. The van der Waals surface area contributed by atoms with Crippen LogP contribution in [-0.4, -0.2) is 40.7 Å². The Morgan fingerprint density at radius 2 is 2.05 bits per heavy atom. The van der Waals surface area contributed by atoms with Gasteiger partial charge in [-0.2, -0.15) is 0 Å². The highest BCUT2D eigenvalue weighted by Crippen LogP contribution is 2.04. The molecule has 0 unspecified atom stereocenters. The van der Waals surface area contributed by atoms with Gasteiger partial charge in [0.1, 0.15) is 5.82 Å². The number of carbonyl (C=O) groups excluding carboxylic acids is 3. The lowest BCUT2D eigenvalue weighted by Crippen LogP contribution is -2.44. The van der Waals surface area contributed by atoms with Gasteiger partial charge in [0.25, 0.3) is 0 Å². The molecular formula is C12H16N4O3. The Morgan fingerprint density at radius 3 is 2.53 bits per heavy atom. The summed E-state index contributed by atoms with van der Waals surface area (Å²) >= 11 is 0. The first-order chi connectivity index (χ1) is 8.95. The van der Waals surface area contributed by atoms with Crippen molar-refractivity contribution >= 4 is 23.5 Å². The molecule has 0 aliphatic rings. The summed E-state index contributed by atoms with van der Waals surface area (Å²) in [5.74, 6) is -2.14. The molecule has 1 aromatic heterocycles. The van der Waals surface area contributed by atoms with Crippen LogP contribution in [0.3, 0.4) is 0 Å². The largest absolute Gasteiger partial charge is 0.329 e. The number of anilines is 1. The van der Waals surface area contributed by atoms with Crippen LogP contribution in [0.2, 0.25) is 0 Å². The van der Waals surface area contributed by atoms with Crippen molar-refractivity contribution in [2.45, 2.75) is 13.8 Å². The number of hydrogen-bond acceptors (Lipinski definition) is 5. The van der Waals surface area contributed by atoms with Crippen LogP contribution in [0.15, 0.2) is 18.3 Å². The molecule has 1 aromatic rings. The molecule has 7 heteroatoms. The number of pyridine rings is 1. The molecule has 0 spiro atoms. The zero-order chi connectivity index (χ0) is 14.4. The van der Waals surface area contributed by atoms with Crippen molar-refractivity contribution < 1.29 is 14.4 Å². The minimum absolute atomic E-state index is 0.00289. The highest BCUT2D eigenvalue weighted by Gasteiger charge is 2.24. The van der Waals surface area contributed by atoms with E-state index in [1.165, 1.54) is 6.92 Å². The molecule has 0 bridgehead atoms. The third kappa shape index (κ3) is 4.14. The van der Waals surface area contributed by atoms with Crippen molar-refractivity contribution in [1.82, 2.24) is 9.88 Å². The monoisotopic (exact) mass is 264 g/mol. The van der Waals surface area contributed by atoms with Crippen LogP contribution in [0, 0.1) is 6.92 Å². The zero-order valence-corrected chi connectivity index (χ0v) is 10.8. The quantitative estimate of drug-likeness (QED) is 0.727. The van der Waals surface area contributed by atoms with E-state index in [4.69, 9.17) is 5.73 Å². The van der Waals surface area contributed by atoms with E-state index in [2.05, 4.69) is 10.3 Å². The summed E-state index contributed by atoms with van der Waals surface area (Å²) in [7, 11) is 0. The van der Waals surface area contributed by atoms with Crippen molar-refractivity contribution in [2.24, 2.45) is 5.73 Å². The van der Waals surface area contributed by atoms with Crippen LogP contribution in [0.4, 0.5) is 5.82 Å². The zero-order valence-electron chi connectivity index (χ0n) is 10.8. The third-order valence-corrected chi connectivity index (χ3v) is 2.33. The molecule has 0 aromatic carbocycles. The van der Waals surface area contributed by atoms with E-state index in [1.807, 2.05) is 6.92 Å². The number of imide groups is 1. The van der Waals surface area contributed by atoms with Crippen molar-refractivity contribution in [3.8, 4) is 0 Å². The molecule has 0 saturated heterocycles. The number of nitrogens with zero attached hydrogens (tertiary/aromatic N) is 2. The number of hydrogen-bond donors (Lipinski definition) is 2. The van der Waals surface area contributed by atoms with E-state index in [0.717, 1.165) is 10.5 Å². The topological polar surface area (TPSA) is 105 Å². The second-order valence-corrected chi connectivity index (χ2v) is 3.94. The van der Waals surface area contributed by atoms with Crippen molar-refractivity contribution in [3.63, 3.8) is 0 Å². The van der Waals surface area contributed by atoms with Gasteiger partial charge in [-0.15, -0.1) is 0 Å². The van der Waals surface area contributed by atoms with Crippen LogP contribution < -0.4 is 11.1 Å². The summed E-state index contributed by atoms with van der Waals surface area (Å²) in [4.78, 5) is 39.4. The molecule has 0 atom stereocenters. The van der Waals surface area contributed by atoms with E-state index in [0.29, 0.717) is 0 Å². The number of carbonyl (C=O) groups is 3. The number of aromatic nitrogens is 1. The molecule has 1 heterocycles. The summed E-state index contributed by atoms with van der Waals surface area (Å²) in [6.07, 6.45) is 1.56. The van der Waals surface area contributed by atoms with Gasteiger partial charge in [-0.3, -0.25) is 19.3 Å². The Kier molecular flexibility index (Phi) is 5.13. The van der Waals surface area contributed by atoms with Gasteiger partial charge in [0.15, 0.2) is 0 Å². The molecule has 0 fully saturated rings. The summed E-state index contributed by atoms with van der Waals surface area (Å²) in [5.41, 5.74) is 6.21. The summed E-state index contributed by atoms with van der Waals surface area (Å²) in [6, 6.07) is 3.32.